The number of rotatable bonds is 3. The van der Waals surface area contributed by atoms with Gasteiger partial charge in [-0.15, -0.1) is 12.4 Å². The maximum Gasteiger partial charge on any atom is 0.308 e. The molecule has 116 valence electrons. The summed E-state index contributed by atoms with van der Waals surface area (Å²) in [5.74, 6) is 1.01. The van der Waals surface area contributed by atoms with E-state index in [9.17, 15) is 4.79 Å². The lowest BCUT2D eigenvalue weighted by Crippen LogP contribution is -2.20. The molecular formula is C17H18ClNO3. The number of ether oxygens (including phenoxy) is 2. The molecule has 1 heterocycles. The molecule has 0 aromatic heterocycles. The molecule has 5 heteroatoms. The van der Waals surface area contributed by atoms with E-state index in [1.807, 2.05) is 18.3 Å². The van der Waals surface area contributed by atoms with E-state index in [0.29, 0.717) is 5.75 Å². The van der Waals surface area contributed by atoms with E-state index in [2.05, 4.69) is 24.0 Å². The standard InChI is InChI=1S/C17H17NO3.ClH/c1-3-8-18-9-10-20-17-15-11-14(21-12(2)19)6-4-13(15)5-7-16(17)18;/h4-7,9-11H,3,8H2,1-2H3;1H. The van der Waals surface area contributed by atoms with Crippen molar-refractivity contribution >= 4 is 34.8 Å². The zero-order valence-electron chi connectivity index (χ0n) is 12.5. The highest BCUT2D eigenvalue weighted by Crippen LogP contribution is 2.40. The average Bonchev–Trinajstić information content (AvgIpc) is 2.47. The topological polar surface area (TPSA) is 38.8 Å². The minimum atomic E-state index is -0.326. The lowest BCUT2D eigenvalue weighted by Gasteiger charge is -2.26. The smallest absolute Gasteiger partial charge is 0.308 e. The Morgan fingerprint density at radius 1 is 1.27 bits per heavy atom. The SMILES string of the molecule is CCCN1C=COc2c1ccc1ccc(OC(C)=O)cc21.Cl. The Kier molecular flexibility index (Phi) is 4.93. The van der Waals surface area contributed by atoms with Crippen LogP contribution in [0.3, 0.4) is 0 Å². The number of nitrogens with zero attached hydrogens (tertiary/aromatic N) is 1. The summed E-state index contributed by atoms with van der Waals surface area (Å²) in [5.41, 5.74) is 1.03. The van der Waals surface area contributed by atoms with Crippen LogP contribution < -0.4 is 14.4 Å². The number of hydrogen-bond donors (Lipinski definition) is 0. The molecule has 0 bridgehead atoms. The van der Waals surface area contributed by atoms with Gasteiger partial charge in [-0.1, -0.05) is 19.1 Å². The number of carbonyl (C=O) groups is 1. The maximum atomic E-state index is 11.1. The van der Waals surface area contributed by atoms with Crippen molar-refractivity contribution in [3.05, 3.63) is 42.8 Å². The molecule has 0 N–H and O–H groups in total. The average molecular weight is 320 g/mol. The molecule has 0 unspecified atom stereocenters. The molecule has 0 atom stereocenters. The summed E-state index contributed by atoms with van der Waals surface area (Å²) in [7, 11) is 0. The van der Waals surface area contributed by atoms with Crippen LogP contribution in [0.2, 0.25) is 0 Å². The van der Waals surface area contributed by atoms with Gasteiger partial charge in [0.1, 0.15) is 12.0 Å². The van der Waals surface area contributed by atoms with Gasteiger partial charge in [0.25, 0.3) is 0 Å². The van der Waals surface area contributed by atoms with E-state index in [4.69, 9.17) is 9.47 Å². The van der Waals surface area contributed by atoms with Crippen molar-refractivity contribution in [1.82, 2.24) is 0 Å². The third-order valence-corrected chi connectivity index (χ3v) is 3.38. The highest BCUT2D eigenvalue weighted by molar-refractivity contribution is 5.95. The minimum Gasteiger partial charge on any atom is -0.461 e. The Hall–Kier alpha value is -2.20. The molecule has 1 aliphatic rings. The van der Waals surface area contributed by atoms with Gasteiger partial charge in [-0.3, -0.25) is 4.79 Å². The fourth-order valence-electron chi connectivity index (χ4n) is 2.53. The summed E-state index contributed by atoms with van der Waals surface area (Å²) >= 11 is 0. The summed E-state index contributed by atoms with van der Waals surface area (Å²) in [5, 5.41) is 1.99. The third kappa shape index (κ3) is 3.02. The zero-order valence-corrected chi connectivity index (χ0v) is 13.4. The van der Waals surface area contributed by atoms with Crippen LogP contribution in [0, 0.1) is 0 Å². The van der Waals surface area contributed by atoms with E-state index in [1.54, 1.807) is 12.3 Å². The second-order valence-electron chi connectivity index (χ2n) is 4.99. The van der Waals surface area contributed by atoms with Gasteiger partial charge in [0, 0.05) is 25.1 Å². The number of halogens is 1. The van der Waals surface area contributed by atoms with Crippen molar-refractivity contribution in [1.29, 1.82) is 0 Å². The largest absolute Gasteiger partial charge is 0.461 e. The summed E-state index contributed by atoms with van der Waals surface area (Å²) in [6.45, 7) is 4.47. The van der Waals surface area contributed by atoms with Gasteiger partial charge >= 0.3 is 5.97 Å². The number of fused-ring (bicyclic) bond motifs is 3. The van der Waals surface area contributed by atoms with Gasteiger partial charge in [-0.2, -0.15) is 0 Å². The van der Waals surface area contributed by atoms with Gasteiger partial charge in [-0.05, 0) is 30.0 Å². The van der Waals surface area contributed by atoms with Crippen molar-refractivity contribution in [3.63, 3.8) is 0 Å². The lowest BCUT2D eigenvalue weighted by atomic mass is 10.1. The van der Waals surface area contributed by atoms with Crippen LogP contribution in [0.25, 0.3) is 10.8 Å². The van der Waals surface area contributed by atoms with Crippen LogP contribution in [0.4, 0.5) is 5.69 Å². The fraction of sp³-hybridized carbons (Fsp3) is 0.235. The Labute approximate surface area is 135 Å². The van der Waals surface area contributed by atoms with Crippen LogP contribution in [0.5, 0.6) is 11.5 Å². The van der Waals surface area contributed by atoms with E-state index in [-0.39, 0.29) is 18.4 Å². The molecule has 3 rings (SSSR count). The number of esters is 1. The van der Waals surface area contributed by atoms with Gasteiger partial charge in [0.2, 0.25) is 0 Å². The predicted molar refractivity (Wildman–Crippen MR) is 89.9 cm³/mol. The summed E-state index contributed by atoms with van der Waals surface area (Å²) in [6.07, 6.45) is 4.68. The lowest BCUT2D eigenvalue weighted by molar-refractivity contribution is -0.131. The normalized spacial score (nSPS) is 12.4. The monoisotopic (exact) mass is 319 g/mol. The molecule has 1 aliphatic heterocycles. The highest BCUT2D eigenvalue weighted by atomic mass is 35.5. The van der Waals surface area contributed by atoms with Crippen molar-refractivity contribution < 1.29 is 14.3 Å². The van der Waals surface area contributed by atoms with E-state index < -0.39 is 0 Å². The third-order valence-electron chi connectivity index (χ3n) is 3.38. The molecular weight excluding hydrogens is 302 g/mol. The molecule has 4 nitrogen and oxygen atoms in total. The highest BCUT2D eigenvalue weighted by Gasteiger charge is 2.17. The number of carbonyl (C=O) groups excluding carboxylic acids is 1. The second-order valence-corrected chi connectivity index (χ2v) is 4.99. The van der Waals surface area contributed by atoms with Gasteiger partial charge in [-0.25, -0.2) is 0 Å². The zero-order chi connectivity index (χ0) is 14.8. The molecule has 0 amide bonds. The van der Waals surface area contributed by atoms with E-state index in [1.165, 1.54) is 6.92 Å². The van der Waals surface area contributed by atoms with E-state index in [0.717, 1.165) is 35.2 Å². The van der Waals surface area contributed by atoms with Crippen molar-refractivity contribution in [2.45, 2.75) is 20.3 Å². The van der Waals surface area contributed by atoms with Crippen LogP contribution in [0.15, 0.2) is 42.8 Å². The van der Waals surface area contributed by atoms with Gasteiger partial charge < -0.3 is 14.4 Å². The molecule has 2 aromatic carbocycles. The molecule has 0 saturated heterocycles. The predicted octanol–water partition coefficient (Wildman–Crippen LogP) is 4.27. The molecule has 0 spiro atoms. The summed E-state index contributed by atoms with van der Waals surface area (Å²) in [4.78, 5) is 13.3. The first-order valence-electron chi connectivity index (χ1n) is 7.04. The second kappa shape index (κ2) is 6.71. The first kappa shape index (κ1) is 16.2. The Morgan fingerprint density at radius 2 is 2.05 bits per heavy atom. The molecule has 2 aromatic rings. The molecule has 0 saturated carbocycles. The van der Waals surface area contributed by atoms with E-state index >= 15 is 0 Å². The maximum absolute atomic E-state index is 11.1. The first-order valence-corrected chi connectivity index (χ1v) is 7.04. The number of hydrogen-bond acceptors (Lipinski definition) is 4. The Morgan fingerprint density at radius 3 is 2.77 bits per heavy atom. The van der Waals surface area contributed by atoms with Crippen LogP contribution >= 0.6 is 12.4 Å². The number of benzene rings is 2. The summed E-state index contributed by atoms with van der Waals surface area (Å²) in [6, 6.07) is 9.68. The quantitative estimate of drug-likeness (QED) is 0.625. The van der Waals surface area contributed by atoms with Crippen molar-refractivity contribution in [2.75, 3.05) is 11.4 Å². The first-order chi connectivity index (χ1) is 10.2. The van der Waals surface area contributed by atoms with Crippen molar-refractivity contribution in [2.24, 2.45) is 0 Å². The molecule has 0 aliphatic carbocycles. The Balaban J connectivity index is 0.00000176. The van der Waals surface area contributed by atoms with Gasteiger partial charge in [0.05, 0.1) is 5.69 Å². The van der Waals surface area contributed by atoms with Crippen molar-refractivity contribution in [3.8, 4) is 11.5 Å². The van der Waals surface area contributed by atoms with Gasteiger partial charge in [0.15, 0.2) is 5.75 Å². The van der Waals surface area contributed by atoms with Crippen LogP contribution in [-0.2, 0) is 4.79 Å². The molecule has 0 radical (unpaired) electrons. The summed E-state index contributed by atoms with van der Waals surface area (Å²) < 4.78 is 10.9. The number of anilines is 1. The van der Waals surface area contributed by atoms with Crippen LogP contribution in [-0.4, -0.2) is 12.5 Å². The van der Waals surface area contributed by atoms with Crippen LogP contribution in [0.1, 0.15) is 20.3 Å². The fourth-order valence-corrected chi connectivity index (χ4v) is 2.53. The molecule has 22 heavy (non-hydrogen) atoms. The minimum absolute atomic E-state index is 0. The molecule has 0 fully saturated rings. The Bertz CT molecular complexity index is 727.